The van der Waals surface area contributed by atoms with Crippen LogP contribution in [0.1, 0.15) is 6.42 Å². The lowest BCUT2D eigenvalue weighted by atomic mass is 10.3. The molecule has 1 aliphatic rings. The Morgan fingerprint density at radius 3 is 2.70 bits per heavy atom. The minimum atomic E-state index is -3.49. The summed E-state index contributed by atoms with van der Waals surface area (Å²) in [5.41, 5.74) is 0.481. The van der Waals surface area contributed by atoms with Gasteiger partial charge in [0.05, 0.1) is 11.9 Å². The van der Waals surface area contributed by atoms with Gasteiger partial charge in [0.1, 0.15) is 0 Å². The van der Waals surface area contributed by atoms with Gasteiger partial charge in [-0.15, -0.1) is 8.80 Å². The summed E-state index contributed by atoms with van der Waals surface area (Å²) in [6.07, 6.45) is 1.80. The smallest absolute Gasteiger partial charge is 0.179 e. The summed E-state index contributed by atoms with van der Waals surface area (Å²) < 4.78 is 27.5. The Labute approximate surface area is 64.7 Å². The molecular weight excluding hydrogens is 172 g/mol. The summed E-state index contributed by atoms with van der Waals surface area (Å²) in [6, 6.07) is 0. The Bertz CT molecular complexity index is 278. The van der Waals surface area contributed by atoms with Crippen molar-refractivity contribution >= 4 is 34.8 Å². The van der Waals surface area contributed by atoms with E-state index in [-0.39, 0.29) is 0 Å². The third-order valence-electron chi connectivity index (χ3n) is 0.935. The van der Waals surface area contributed by atoms with Crippen molar-refractivity contribution in [3.05, 3.63) is 0 Å². The molecule has 0 atom stereocenters. The van der Waals surface area contributed by atoms with Crippen LogP contribution in [-0.2, 0) is 10.2 Å². The molecule has 0 N–H and O–H groups in total. The lowest BCUT2D eigenvalue weighted by Crippen LogP contribution is -1.96. The molecule has 10 heavy (non-hydrogen) atoms. The molecule has 1 aliphatic heterocycles. The topological polar surface area (TPSA) is 58.9 Å². The fraction of sp³-hybridized carbons (Fsp3) is 0.500. The zero-order valence-electron chi connectivity index (χ0n) is 5.06. The maximum atomic E-state index is 10.5. The average molecular weight is 178 g/mol. The quantitative estimate of drug-likeness (QED) is 0.609. The highest BCUT2D eigenvalue weighted by molar-refractivity contribution is 7.89. The number of nitrogens with zero attached hydrogens (tertiary/aromatic N) is 2. The molecule has 4 nitrogen and oxygen atoms in total. The summed E-state index contributed by atoms with van der Waals surface area (Å²) in [6.45, 7) is 0. The molecule has 0 aliphatic carbocycles. The highest BCUT2D eigenvalue weighted by Crippen LogP contribution is 2.03. The SMILES string of the molecule is O=S1(=O)N=CC(CCS)=N1. The zero-order valence-corrected chi connectivity index (χ0v) is 6.77. The van der Waals surface area contributed by atoms with Crippen molar-refractivity contribution in [2.75, 3.05) is 5.75 Å². The molecule has 0 unspecified atom stereocenters. The second-order valence-corrected chi connectivity index (χ2v) is 3.47. The first-order valence-corrected chi connectivity index (χ1v) is 4.67. The van der Waals surface area contributed by atoms with Crippen LogP contribution in [0.5, 0.6) is 0 Å². The second kappa shape index (κ2) is 2.71. The maximum Gasteiger partial charge on any atom is 0.363 e. The van der Waals surface area contributed by atoms with Crippen molar-refractivity contribution in [3.8, 4) is 0 Å². The summed E-state index contributed by atoms with van der Waals surface area (Å²) in [7, 11) is -3.49. The minimum Gasteiger partial charge on any atom is -0.179 e. The van der Waals surface area contributed by atoms with Crippen LogP contribution in [-0.4, -0.2) is 26.1 Å². The normalized spacial score (nSPS) is 21.1. The molecule has 0 spiro atoms. The predicted molar refractivity (Wildman–Crippen MR) is 43.3 cm³/mol. The molecule has 0 radical (unpaired) electrons. The second-order valence-electron chi connectivity index (χ2n) is 1.74. The average Bonchev–Trinajstić information content (AvgIpc) is 2.12. The van der Waals surface area contributed by atoms with Crippen LogP contribution in [0.3, 0.4) is 0 Å². The third-order valence-corrected chi connectivity index (χ3v) is 2.00. The predicted octanol–water partition coefficient (Wildman–Crippen LogP) is 0.0765. The lowest BCUT2D eigenvalue weighted by Gasteiger charge is -1.85. The van der Waals surface area contributed by atoms with E-state index in [4.69, 9.17) is 0 Å². The van der Waals surface area contributed by atoms with E-state index in [1.54, 1.807) is 0 Å². The molecule has 0 aromatic heterocycles. The van der Waals surface area contributed by atoms with E-state index in [9.17, 15) is 8.42 Å². The van der Waals surface area contributed by atoms with Gasteiger partial charge in [-0.2, -0.15) is 21.0 Å². The molecule has 1 heterocycles. The third kappa shape index (κ3) is 1.81. The Kier molecular flexibility index (Phi) is 2.10. The van der Waals surface area contributed by atoms with E-state index < -0.39 is 10.2 Å². The van der Waals surface area contributed by atoms with Gasteiger partial charge >= 0.3 is 10.2 Å². The highest BCUT2D eigenvalue weighted by atomic mass is 32.2. The van der Waals surface area contributed by atoms with Gasteiger partial charge in [-0.3, -0.25) is 0 Å². The Hall–Kier alpha value is -0.360. The molecule has 1 rings (SSSR count). The summed E-state index contributed by atoms with van der Waals surface area (Å²) in [5.74, 6) is 0.584. The van der Waals surface area contributed by atoms with Crippen molar-refractivity contribution in [2.24, 2.45) is 8.80 Å². The Morgan fingerprint density at radius 1 is 1.60 bits per heavy atom. The van der Waals surface area contributed by atoms with Gasteiger partial charge in [0.2, 0.25) is 0 Å². The first-order chi connectivity index (χ1) is 4.64. The van der Waals surface area contributed by atoms with E-state index >= 15 is 0 Å². The van der Waals surface area contributed by atoms with Crippen LogP contribution in [0, 0.1) is 0 Å². The van der Waals surface area contributed by atoms with Gasteiger partial charge in [0, 0.05) is 6.42 Å². The maximum absolute atomic E-state index is 10.5. The molecule has 0 bridgehead atoms. The molecule has 6 heteroatoms. The van der Waals surface area contributed by atoms with Gasteiger partial charge in [0.15, 0.2) is 0 Å². The standard InChI is InChI=1S/C4H6N2O2S2/c7-10(8)5-3-4(6-10)1-2-9/h3,9H,1-2H2. The van der Waals surface area contributed by atoms with E-state index in [0.717, 1.165) is 0 Å². The first-order valence-electron chi connectivity index (χ1n) is 2.64. The van der Waals surface area contributed by atoms with Crippen molar-refractivity contribution in [3.63, 3.8) is 0 Å². The van der Waals surface area contributed by atoms with Crippen LogP contribution in [0.2, 0.25) is 0 Å². The van der Waals surface area contributed by atoms with Crippen molar-refractivity contribution < 1.29 is 8.42 Å². The van der Waals surface area contributed by atoms with Crippen LogP contribution < -0.4 is 0 Å². The van der Waals surface area contributed by atoms with Crippen molar-refractivity contribution in [2.45, 2.75) is 6.42 Å². The number of hydrogen-bond acceptors (Lipinski definition) is 3. The molecule has 0 saturated carbocycles. The molecule has 56 valence electrons. The van der Waals surface area contributed by atoms with Crippen molar-refractivity contribution in [1.82, 2.24) is 0 Å². The molecular formula is C4H6N2O2S2. The summed E-state index contributed by atoms with van der Waals surface area (Å²) in [5, 5.41) is 0. The first kappa shape index (κ1) is 7.74. The van der Waals surface area contributed by atoms with E-state index in [1.165, 1.54) is 6.21 Å². The fourth-order valence-corrected chi connectivity index (χ4v) is 1.51. The van der Waals surface area contributed by atoms with Crippen LogP contribution >= 0.6 is 12.6 Å². The molecule has 0 saturated heterocycles. The van der Waals surface area contributed by atoms with E-state index in [2.05, 4.69) is 21.4 Å². The van der Waals surface area contributed by atoms with Gasteiger partial charge in [-0.1, -0.05) is 0 Å². The van der Waals surface area contributed by atoms with Crippen LogP contribution in [0.15, 0.2) is 8.80 Å². The van der Waals surface area contributed by atoms with Gasteiger partial charge in [-0.25, -0.2) is 0 Å². The number of rotatable bonds is 2. The summed E-state index contributed by atoms with van der Waals surface area (Å²) in [4.78, 5) is 0. The van der Waals surface area contributed by atoms with Crippen molar-refractivity contribution in [1.29, 1.82) is 0 Å². The molecule has 0 aromatic rings. The van der Waals surface area contributed by atoms with E-state index in [1.807, 2.05) is 0 Å². The Morgan fingerprint density at radius 2 is 2.30 bits per heavy atom. The zero-order chi connectivity index (χ0) is 7.61. The highest BCUT2D eigenvalue weighted by Gasteiger charge is 2.12. The molecule has 0 aromatic carbocycles. The van der Waals surface area contributed by atoms with Gasteiger partial charge < -0.3 is 0 Å². The van der Waals surface area contributed by atoms with Crippen LogP contribution in [0.25, 0.3) is 0 Å². The monoisotopic (exact) mass is 178 g/mol. The number of hydrogen-bond donors (Lipinski definition) is 1. The largest absolute Gasteiger partial charge is 0.363 e. The number of thiol groups is 1. The fourth-order valence-electron chi connectivity index (χ4n) is 0.548. The molecule has 0 amide bonds. The van der Waals surface area contributed by atoms with Gasteiger partial charge in [-0.05, 0) is 5.75 Å². The van der Waals surface area contributed by atoms with E-state index in [0.29, 0.717) is 17.9 Å². The minimum absolute atomic E-state index is 0.481. The molecule has 0 fully saturated rings. The Balaban J connectivity index is 2.79. The van der Waals surface area contributed by atoms with Crippen LogP contribution in [0.4, 0.5) is 0 Å². The summed E-state index contributed by atoms with van der Waals surface area (Å²) >= 11 is 3.92. The van der Waals surface area contributed by atoms with Gasteiger partial charge in [0.25, 0.3) is 0 Å². The lowest BCUT2D eigenvalue weighted by molar-refractivity contribution is 0.601.